The fraction of sp³-hybridized carbons (Fsp3) is 0.412. The number of nitrogens with zero attached hydrogens (tertiary/aromatic N) is 2. The van der Waals surface area contributed by atoms with Gasteiger partial charge in [-0.1, -0.05) is 6.92 Å². The lowest BCUT2D eigenvalue weighted by atomic mass is 10.2. The van der Waals surface area contributed by atoms with Crippen molar-refractivity contribution in [2.75, 3.05) is 18.5 Å². The Hall–Kier alpha value is -2.21. The van der Waals surface area contributed by atoms with Crippen LogP contribution in [0.4, 0.5) is 15.9 Å². The van der Waals surface area contributed by atoms with Gasteiger partial charge in [-0.2, -0.15) is 0 Å². The average molecular weight is 317 g/mol. The molecule has 23 heavy (non-hydrogen) atoms. The van der Waals surface area contributed by atoms with E-state index >= 15 is 0 Å². The van der Waals surface area contributed by atoms with Crippen molar-refractivity contribution >= 4 is 11.5 Å². The SMILES string of the molecule is CCc1ncnc(Nc2ccc(OCC3CCCO3)cc2)c1F. The molecule has 1 aliphatic heterocycles. The van der Waals surface area contributed by atoms with E-state index in [1.54, 1.807) is 0 Å². The number of aromatic nitrogens is 2. The van der Waals surface area contributed by atoms with E-state index in [4.69, 9.17) is 9.47 Å². The predicted octanol–water partition coefficient (Wildman–Crippen LogP) is 3.48. The second kappa shape index (κ2) is 7.37. The molecule has 2 aromatic rings. The summed E-state index contributed by atoms with van der Waals surface area (Å²) < 4.78 is 25.3. The number of benzene rings is 1. The minimum atomic E-state index is -0.409. The monoisotopic (exact) mass is 317 g/mol. The van der Waals surface area contributed by atoms with Gasteiger partial charge in [0.2, 0.25) is 0 Å². The highest BCUT2D eigenvalue weighted by Crippen LogP contribution is 2.22. The van der Waals surface area contributed by atoms with Crippen LogP contribution in [0.5, 0.6) is 5.75 Å². The third kappa shape index (κ3) is 3.96. The summed E-state index contributed by atoms with van der Waals surface area (Å²) in [5.41, 5.74) is 1.15. The summed E-state index contributed by atoms with van der Waals surface area (Å²) in [6.07, 6.45) is 4.23. The lowest BCUT2D eigenvalue weighted by Crippen LogP contribution is -2.16. The second-order valence-electron chi connectivity index (χ2n) is 5.43. The third-order valence-corrected chi connectivity index (χ3v) is 3.77. The smallest absolute Gasteiger partial charge is 0.187 e. The van der Waals surface area contributed by atoms with Gasteiger partial charge in [-0.25, -0.2) is 14.4 Å². The van der Waals surface area contributed by atoms with E-state index in [9.17, 15) is 4.39 Å². The van der Waals surface area contributed by atoms with Gasteiger partial charge in [-0.3, -0.25) is 0 Å². The van der Waals surface area contributed by atoms with Crippen molar-refractivity contribution in [3.8, 4) is 5.75 Å². The Morgan fingerprint density at radius 1 is 1.30 bits per heavy atom. The Kier molecular flexibility index (Phi) is 5.02. The van der Waals surface area contributed by atoms with Gasteiger partial charge in [0.05, 0.1) is 11.8 Å². The Morgan fingerprint density at radius 2 is 2.13 bits per heavy atom. The minimum Gasteiger partial charge on any atom is -0.491 e. The van der Waals surface area contributed by atoms with Crippen LogP contribution in [0.25, 0.3) is 0 Å². The van der Waals surface area contributed by atoms with E-state index in [2.05, 4.69) is 15.3 Å². The number of hydrogen-bond acceptors (Lipinski definition) is 5. The number of aryl methyl sites for hydroxylation is 1. The van der Waals surface area contributed by atoms with Crippen LogP contribution in [-0.4, -0.2) is 29.3 Å². The second-order valence-corrected chi connectivity index (χ2v) is 5.43. The maximum Gasteiger partial charge on any atom is 0.187 e. The normalized spacial score (nSPS) is 17.2. The predicted molar refractivity (Wildman–Crippen MR) is 85.6 cm³/mol. The molecule has 2 heterocycles. The highest BCUT2D eigenvalue weighted by atomic mass is 19.1. The van der Waals surface area contributed by atoms with Crippen molar-refractivity contribution < 1.29 is 13.9 Å². The summed E-state index contributed by atoms with van der Waals surface area (Å²) in [4.78, 5) is 7.87. The van der Waals surface area contributed by atoms with Gasteiger partial charge in [0, 0.05) is 12.3 Å². The molecule has 122 valence electrons. The Balaban J connectivity index is 1.61. The zero-order valence-electron chi connectivity index (χ0n) is 13.1. The van der Waals surface area contributed by atoms with Crippen LogP contribution in [-0.2, 0) is 11.2 Å². The number of anilines is 2. The van der Waals surface area contributed by atoms with E-state index in [0.717, 1.165) is 30.9 Å². The summed E-state index contributed by atoms with van der Waals surface area (Å²) in [7, 11) is 0. The fourth-order valence-electron chi connectivity index (χ4n) is 2.48. The van der Waals surface area contributed by atoms with E-state index in [0.29, 0.717) is 18.7 Å². The highest BCUT2D eigenvalue weighted by Gasteiger charge is 2.16. The highest BCUT2D eigenvalue weighted by molar-refractivity contribution is 5.57. The van der Waals surface area contributed by atoms with Crippen molar-refractivity contribution in [3.05, 3.63) is 42.1 Å². The first-order valence-electron chi connectivity index (χ1n) is 7.87. The molecular weight excluding hydrogens is 297 g/mol. The Morgan fingerprint density at radius 3 is 2.83 bits per heavy atom. The number of hydrogen-bond donors (Lipinski definition) is 1. The van der Waals surface area contributed by atoms with Gasteiger partial charge >= 0.3 is 0 Å². The zero-order chi connectivity index (χ0) is 16.1. The van der Waals surface area contributed by atoms with Crippen LogP contribution in [0, 0.1) is 5.82 Å². The van der Waals surface area contributed by atoms with E-state index in [1.165, 1.54) is 6.33 Å². The first-order valence-corrected chi connectivity index (χ1v) is 7.87. The Labute approximate surface area is 134 Å². The molecule has 1 aromatic heterocycles. The van der Waals surface area contributed by atoms with Gasteiger partial charge in [0.25, 0.3) is 0 Å². The quantitative estimate of drug-likeness (QED) is 0.884. The molecule has 0 saturated carbocycles. The molecule has 1 fully saturated rings. The van der Waals surface area contributed by atoms with Crippen LogP contribution in [0.3, 0.4) is 0 Å². The summed E-state index contributed by atoms with van der Waals surface area (Å²) in [5.74, 6) is 0.544. The van der Waals surface area contributed by atoms with Crippen LogP contribution >= 0.6 is 0 Å². The van der Waals surface area contributed by atoms with Crippen LogP contribution in [0.2, 0.25) is 0 Å². The number of nitrogens with one attached hydrogen (secondary N) is 1. The zero-order valence-corrected chi connectivity index (χ0v) is 13.1. The van der Waals surface area contributed by atoms with Crippen LogP contribution in [0.15, 0.2) is 30.6 Å². The molecule has 0 spiro atoms. The molecule has 5 nitrogen and oxygen atoms in total. The molecule has 1 atom stereocenters. The molecule has 0 amide bonds. The first-order chi connectivity index (χ1) is 11.3. The number of halogens is 1. The van der Waals surface area contributed by atoms with Crippen molar-refractivity contribution in [1.29, 1.82) is 0 Å². The van der Waals surface area contributed by atoms with Gasteiger partial charge in [0.15, 0.2) is 11.6 Å². The number of ether oxygens (including phenoxy) is 2. The molecule has 3 rings (SSSR count). The molecule has 1 aliphatic rings. The molecular formula is C17H20FN3O2. The molecule has 1 saturated heterocycles. The van der Waals surface area contributed by atoms with Crippen molar-refractivity contribution in [2.24, 2.45) is 0 Å². The standard InChI is InChI=1S/C17H20FN3O2/c1-2-15-16(18)17(20-11-19-15)21-12-5-7-13(8-6-12)23-10-14-4-3-9-22-14/h5-8,11,14H,2-4,9-10H2,1H3,(H,19,20,21). The molecule has 1 aromatic carbocycles. The van der Waals surface area contributed by atoms with Crippen LogP contribution < -0.4 is 10.1 Å². The summed E-state index contributed by atoms with van der Waals surface area (Å²) in [5, 5.41) is 2.96. The molecule has 1 N–H and O–H groups in total. The molecule has 0 aliphatic carbocycles. The molecule has 0 bridgehead atoms. The van der Waals surface area contributed by atoms with Gasteiger partial charge in [-0.05, 0) is 43.5 Å². The lowest BCUT2D eigenvalue weighted by Gasteiger charge is -2.12. The minimum absolute atomic E-state index is 0.185. The number of rotatable bonds is 6. The summed E-state index contributed by atoms with van der Waals surface area (Å²) in [6, 6.07) is 7.35. The van der Waals surface area contributed by atoms with Crippen LogP contribution in [0.1, 0.15) is 25.5 Å². The Bertz CT molecular complexity index is 643. The van der Waals surface area contributed by atoms with E-state index < -0.39 is 5.82 Å². The molecule has 0 radical (unpaired) electrons. The maximum atomic E-state index is 14.1. The van der Waals surface area contributed by atoms with Crippen molar-refractivity contribution in [3.63, 3.8) is 0 Å². The summed E-state index contributed by atoms with van der Waals surface area (Å²) in [6.45, 7) is 3.24. The molecule has 1 unspecified atom stereocenters. The first kappa shape index (κ1) is 15.7. The lowest BCUT2D eigenvalue weighted by molar-refractivity contribution is 0.0679. The largest absolute Gasteiger partial charge is 0.491 e. The maximum absolute atomic E-state index is 14.1. The van der Waals surface area contributed by atoms with Crippen molar-refractivity contribution in [1.82, 2.24) is 9.97 Å². The van der Waals surface area contributed by atoms with E-state index in [-0.39, 0.29) is 11.9 Å². The van der Waals surface area contributed by atoms with Gasteiger partial charge in [-0.15, -0.1) is 0 Å². The van der Waals surface area contributed by atoms with Gasteiger partial charge in [0.1, 0.15) is 18.7 Å². The average Bonchev–Trinajstić information content (AvgIpc) is 3.10. The third-order valence-electron chi connectivity index (χ3n) is 3.77. The van der Waals surface area contributed by atoms with E-state index in [1.807, 2.05) is 31.2 Å². The summed E-state index contributed by atoms with van der Waals surface area (Å²) >= 11 is 0. The molecule has 6 heteroatoms. The topological polar surface area (TPSA) is 56.3 Å². The fourth-order valence-corrected chi connectivity index (χ4v) is 2.48. The van der Waals surface area contributed by atoms with Gasteiger partial charge < -0.3 is 14.8 Å². The van der Waals surface area contributed by atoms with Crippen molar-refractivity contribution in [2.45, 2.75) is 32.3 Å².